The molecule has 0 spiro atoms. The summed E-state index contributed by atoms with van der Waals surface area (Å²) >= 11 is 1.65. The van der Waals surface area contributed by atoms with E-state index in [1.54, 1.807) is 42.1 Å². The first-order valence-electron chi connectivity index (χ1n) is 7.19. The van der Waals surface area contributed by atoms with E-state index in [2.05, 4.69) is 5.32 Å². The van der Waals surface area contributed by atoms with E-state index >= 15 is 0 Å². The third-order valence-corrected chi connectivity index (χ3v) is 3.92. The molecule has 24 heavy (non-hydrogen) atoms. The molecule has 0 saturated heterocycles. The Morgan fingerprint density at radius 2 is 1.79 bits per heavy atom. The Labute approximate surface area is 144 Å². The highest BCUT2D eigenvalue weighted by Gasteiger charge is 2.08. The van der Waals surface area contributed by atoms with E-state index in [4.69, 9.17) is 10.00 Å². The van der Waals surface area contributed by atoms with Crippen LogP contribution in [0.5, 0.6) is 0 Å². The lowest BCUT2D eigenvalue weighted by molar-refractivity contribution is -0.115. The van der Waals surface area contributed by atoms with Gasteiger partial charge in [-0.05, 0) is 48.2 Å². The zero-order chi connectivity index (χ0) is 17.4. The Kier molecular flexibility index (Phi) is 6.41. The zero-order valence-corrected chi connectivity index (χ0v) is 13.9. The molecule has 0 aliphatic heterocycles. The van der Waals surface area contributed by atoms with Crippen molar-refractivity contribution in [3.63, 3.8) is 0 Å². The van der Waals surface area contributed by atoms with E-state index in [9.17, 15) is 9.59 Å². The normalized spacial score (nSPS) is 9.83. The second-order valence-corrected chi connectivity index (χ2v) is 5.76. The summed E-state index contributed by atoms with van der Waals surface area (Å²) in [6, 6.07) is 15.9. The molecule has 0 fully saturated rings. The molecule has 122 valence electrons. The van der Waals surface area contributed by atoms with Gasteiger partial charge in [0.2, 0.25) is 5.91 Å². The number of carbonyl (C=O) groups excluding carboxylic acids is 2. The Balaban J connectivity index is 1.90. The molecule has 0 bridgehead atoms. The van der Waals surface area contributed by atoms with Crippen LogP contribution in [0, 0.1) is 11.3 Å². The van der Waals surface area contributed by atoms with E-state index in [0.29, 0.717) is 11.3 Å². The van der Waals surface area contributed by atoms with Gasteiger partial charge in [0, 0.05) is 10.6 Å². The SMILES string of the molecule is CSc1ccc(COC(=O)c2ccc(NC(=O)CC#N)cc2)cc1. The smallest absolute Gasteiger partial charge is 0.338 e. The molecule has 2 aromatic rings. The lowest BCUT2D eigenvalue weighted by atomic mass is 10.2. The van der Waals surface area contributed by atoms with Crippen LogP contribution in [0.4, 0.5) is 5.69 Å². The van der Waals surface area contributed by atoms with Crippen molar-refractivity contribution in [1.82, 2.24) is 0 Å². The molecule has 0 radical (unpaired) electrons. The van der Waals surface area contributed by atoms with Crippen molar-refractivity contribution in [2.75, 3.05) is 11.6 Å². The molecule has 0 aliphatic carbocycles. The summed E-state index contributed by atoms with van der Waals surface area (Å²) in [5.41, 5.74) is 1.84. The Morgan fingerprint density at radius 1 is 1.12 bits per heavy atom. The maximum atomic E-state index is 12.0. The lowest BCUT2D eigenvalue weighted by Gasteiger charge is -2.07. The fourth-order valence-electron chi connectivity index (χ4n) is 1.92. The number of amides is 1. The Hall–Kier alpha value is -2.78. The van der Waals surface area contributed by atoms with Crippen LogP contribution in [0.1, 0.15) is 22.3 Å². The van der Waals surface area contributed by atoms with Crippen LogP contribution in [0.25, 0.3) is 0 Å². The van der Waals surface area contributed by atoms with Crippen molar-refractivity contribution >= 4 is 29.3 Å². The van der Waals surface area contributed by atoms with Gasteiger partial charge in [0.1, 0.15) is 13.0 Å². The average molecular weight is 340 g/mol. The number of hydrogen-bond donors (Lipinski definition) is 1. The van der Waals surface area contributed by atoms with Crippen molar-refractivity contribution in [2.45, 2.75) is 17.9 Å². The van der Waals surface area contributed by atoms with E-state index in [-0.39, 0.29) is 18.9 Å². The monoisotopic (exact) mass is 340 g/mol. The molecule has 0 aliphatic rings. The number of nitrogens with one attached hydrogen (secondary N) is 1. The van der Waals surface area contributed by atoms with Gasteiger partial charge in [-0.3, -0.25) is 4.79 Å². The van der Waals surface area contributed by atoms with Crippen molar-refractivity contribution in [3.8, 4) is 6.07 Å². The van der Waals surface area contributed by atoms with Gasteiger partial charge >= 0.3 is 5.97 Å². The predicted molar refractivity (Wildman–Crippen MR) is 92.6 cm³/mol. The molecule has 2 aromatic carbocycles. The molecule has 1 amide bonds. The molecule has 1 N–H and O–H groups in total. The first-order valence-corrected chi connectivity index (χ1v) is 8.42. The highest BCUT2D eigenvalue weighted by molar-refractivity contribution is 7.98. The number of ether oxygens (including phenoxy) is 1. The summed E-state index contributed by atoms with van der Waals surface area (Å²) in [5, 5.41) is 11.0. The highest BCUT2D eigenvalue weighted by Crippen LogP contribution is 2.16. The maximum Gasteiger partial charge on any atom is 0.338 e. The fourth-order valence-corrected chi connectivity index (χ4v) is 2.33. The number of carbonyl (C=O) groups is 2. The van der Waals surface area contributed by atoms with Gasteiger partial charge in [-0.25, -0.2) is 4.79 Å². The second-order valence-electron chi connectivity index (χ2n) is 4.88. The van der Waals surface area contributed by atoms with E-state index < -0.39 is 5.97 Å². The van der Waals surface area contributed by atoms with E-state index in [1.807, 2.05) is 30.5 Å². The molecule has 0 unspecified atom stereocenters. The summed E-state index contributed by atoms with van der Waals surface area (Å²) < 4.78 is 5.27. The molecule has 0 aromatic heterocycles. The van der Waals surface area contributed by atoms with Crippen molar-refractivity contribution in [1.29, 1.82) is 5.26 Å². The van der Waals surface area contributed by atoms with Crippen LogP contribution in [0.2, 0.25) is 0 Å². The number of benzene rings is 2. The van der Waals surface area contributed by atoms with Crippen LogP contribution in [0.15, 0.2) is 53.4 Å². The molecule has 6 heteroatoms. The first-order chi connectivity index (χ1) is 11.6. The zero-order valence-electron chi connectivity index (χ0n) is 13.1. The van der Waals surface area contributed by atoms with Crippen LogP contribution < -0.4 is 5.32 Å². The summed E-state index contributed by atoms with van der Waals surface area (Å²) in [5.74, 6) is -0.819. The number of nitriles is 1. The summed E-state index contributed by atoms with van der Waals surface area (Å²) in [6.07, 6.45) is 1.79. The van der Waals surface area contributed by atoms with Gasteiger partial charge in [0.25, 0.3) is 0 Å². The van der Waals surface area contributed by atoms with Crippen LogP contribution in [-0.4, -0.2) is 18.1 Å². The largest absolute Gasteiger partial charge is 0.457 e. The first kappa shape index (κ1) is 17.6. The lowest BCUT2D eigenvalue weighted by Crippen LogP contribution is -2.10. The number of anilines is 1. The van der Waals surface area contributed by atoms with Gasteiger partial charge in [-0.15, -0.1) is 11.8 Å². The maximum absolute atomic E-state index is 12.0. The topological polar surface area (TPSA) is 79.2 Å². The van der Waals surface area contributed by atoms with Crippen molar-refractivity contribution < 1.29 is 14.3 Å². The van der Waals surface area contributed by atoms with E-state index in [0.717, 1.165) is 10.5 Å². The minimum Gasteiger partial charge on any atom is -0.457 e. The summed E-state index contributed by atoms with van der Waals surface area (Å²) in [4.78, 5) is 24.5. The number of rotatable bonds is 6. The minimum absolute atomic E-state index is 0.203. The highest BCUT2D eigenvalue weighted by atomic mass is 32.2. The van der Waals surface area contributed by atoms with Crippen LogP contribution in [-0.2, 0) is 16.1 Å². The second kappa shape index (κ2) is 8.75. The van der Waals surface area contributed by atoms with Gasteiger partial charge in [-0.1, -0.05) is 12.1 Å². The average Bonchev–Trinajstić information content (AvgIpc) is 2.61. The molecular weight excluding hydrogens is 324 g/mol. The van der Waals surface area contributed by atoms with E-state index in [1.165, 1.54) is 0 Å². The van der Waals surface area contributed by atoms with Crippen molar-refractivity contribution in [3.05, 3.63) is 59.7 Å². The van der Waals surface area contributed by atoms with Gasteiger partial charge < -0.3 is 10.1 Å². The third kappa shape index (κ3) is 5.14. The van der Waals surface area contributed by atoms with Crippen LogP contribution in [0.3, 0.4) is 0 Å². The molecular formula is C18H16N2O3S. The molecule has 0 atom stereocenters. The third-order valence-electron chi connectivity index (χ3n) is 3.17. The Morgan fingerprint density at radius 3 is 2.38 bits per heavy atom. The molecule has 0 saturated carbocycles. The number of esters is 1. The van der Waals surface area contributed by atoms with Gasteiger partial charge in [0.05, 0.1) is 11.6 Å². The summed E-state index contributed by atoms with van der Waals surface area (Å²) in [7, 11) is 0. The number of nitrogens with zero attached hydrogens (tertiary/aromatic N) is 1. The number of hydrogen-bond acceptors (Lipinski definition) is 5. The number of thioether (sulfide) groups is 1. The van der Waals surface area contributed by atoms with Gasteiger partial charge in [-0.2, -0.15) is 5.26 Å². The quantitative estimate of drug-likeness (QED) is 0.642. The van der Waals surface area contributed by atoms with Crippen LogP contribution >= 0.6 is 11.8 Å². The molecule has 2 rings (SSSR count). The molecule has 0 heterocycles. The Bertz CT molecular complexity index is 749. The predicted octanol–water partition coefficient (Wildman–Crippen LogP) is 3.62. The standard InChI is InChI=1S/C18H16N2O3S/c1-24-16-8-2-13(3-9-16)12-23-18(22)14-4-6-15(7-5-14)20-17(21)10-11-19/h2-9H,10,12H2,1H3,(H,20,21). The van der Waals surface area contributed by atoms with Gasteiger partial charge in [0.15, 0.2) is 0 Å². The molecule has 5 nitrogen and oxygen atoms in total. The van der Waals surface area contributed by atoms with Crippen molar-refractivity contribution in [2.24, 2.45) is 0 Å². The fraction of sp³-hybridized carbons (Fsp3) is 0.167. The summed E-state index contributed by atoms with van der Waals surface area (Å²) in [6.45, 7) is 0.203. The minimum atomic E-state index is -0.432.